The van der Waals surface area contributed by atoms with Crippen molar-refractivity contribution >= 4 is 5.97 Å². The molecular formula is C21H31NO4. The average Bonchev–Trinajstić information content (AvgIpc) is 2.61. The van der Waals surface area contributed by atoms with Gasteiger partial charge < -0.3 is 20.3 Å². The Morgan fingerprint density at radius 2 is 1.96 bits per heavy atom. The summed E-state index contributed by atoms with van der Waals surface area (Å²) in [5.41, 5.74) is 1.25. The quantitative estimate of drug-likeness (QED) is 0.766. The number of nitrogens with one attached hydrogen (secondary N) is 1. The lowest BCUT2D eigenvalue weighted by atomic mass is 9.74. The van der Waals surface area contributed by atoms with Crippen LogP contribution in [0.25, 0.3) is 0 Å². The Labute approximate surface area is 155 Å². The lowest BCUT2D eigenvalue weighted by molar-refractivity contribution is -0.151. The van der Waals surface area contributed by atoms with Gasteiger partial charge in [-0.2, -0.15) is 0 Å². The van der Waals surface area contributed by atoms with Gasteiger partial charge >= 0.3 is 5.97 Å². The molecule has 1 heterocycles. The highest BCUT2D eigenvalue weighted by Gasteiger charge is 2.41. The van der Waals surface area contributed by atoms with Crippen molar-refractivity contribution in [1.82, 2.24) is 5.32 Å². The minimum atomic E-state index is -0.730. The van der Waals surface area contributed by atoms with E-state index in [1.165, 1.54) is 5.56 Å². The molecule has 2 atom stereocenters. The Hall–Kier alpha value is -1.59. The fourth-order valence-electron chi connectivity index (χ4n) is 4.05. The summed E-state index contributed by atoms with van der Waals surface area (Å²) < 4.78 is 5.91. The van der Waals surface area contributed by atoms with Crippen molar-refractivity contribution in [3.05, 3.63) is 29.3 Å². The molecule has 0 aromatic heterocycles. The van der Waals surface area contributed by atoms with E-state index in [0.717, 1.165) is 30.6 Å². The van der Waals surface area contributed by atoms with Crippen molar-refractivity contribution in [2.45, 2.75) is 70.4 Å². The zero-order valence-corrected chi connectivity index (χ0v) is 16.0. The summed E-state index contributed by atoms with van der Waals surface area (Å²) in [6.07, 6.45) is 3.72. The van der Waals surface area contributed by atoms with Crippen LogP contribution in [0.15, 0.2) is 18.2 Å². The maximum Gasteiger partial charge on any atom is 0.310 e. The van der Waals surface area contributed by atoms with E-state index in [0.29, 0.717) is 26.0 Å². The third kappa shape index (κ3) is 3.74. The smallest absolute Gasteiger partial charge is 0.310 e. The first-order valence-corrected chi connectivity index (χ1v) is 9.65. The summed E-state index contributed by atoms with van der Waals surface area (Å²) in [5, 5.41) is 23.8. The molecule has 1 aliphatic carbocycles. The summed E-state index contributed by atoms with van der Waals surface area (Å²) in [6.45, 7) is 7.16. The Morgan fingerprint density at radius 3 is 2.58 bits per heavy atom. The second kappa shape index (κ2) is 7.20. The molecule has 26 heavy (non-hydrogen) atoms. The highest BCUT2D eigenvalue weighted by molar-refractivity contribution is 5.75. The highest BCUT2D eigenvalue weighted by atomic mass is 16.5. The van der Waals surface area contributed by atoms with Crippen LogP contribution in [0.3, 0.4) is 0 Å². The molecule has 144 valence electrons. The first-order chi connectivity index (χ1) is 12.2. The van der Waals surface area contributed by atoms with Crippen LogP contribution in [0.1, 0.15) is 70.1 Å². The van der Waals surface area contributed by atoms with Crippen LogP contribution in [0.4, 0.5) is 0 Å². The number of fused-ring (bicyclic) bond motifs is 1. The average molecular weight is 361 g/mol. The number of aliphatic carboxylic acids is 1. The molecule has 0 spiro atoms. The van der Waals surface area contributed by atoms with E-state index in [2.05, 4.69) is 26.1 Å². The van der Waals surface area contributed by atoms with Gasteiger partial charge in [0.1, 0.15) is 18.5 Å². The van der Waals surface area contributed by atoms with Crippen molar-refractivity contribution < 1.29 is 19.7 Å². The van der Waals surface area contributed by atoms with Crippen molar-refractivity contribution in [2.75, 3.05) is 13.2 Å². The number of carboxylic acids is 1. The maximum absolute atomic E-state index is 11.8. The molecule has 1 fully saturated rings. The summed E-state index contributed by atoms with van der Waals surface area (Å²) >= 11 is 0. The minimum Gasteiger partial charge on any atom is -0.491 e. The molecule has 1 saturated carbocycles. The van der Waals surface area contributed by atoms with E-state index in [-0.39, 0.29) is 11.5 Å². The lowest BCUT2D eigenvalue weighted by Crippen LogP contribution is -2.50. The van der Waals surface area contributed by atoms with Crippen LogP contribution in [0.2, 0.25) is 0 Å². The van der Waals surface area contributed by atoms with Gasteiger partial charge in [0.2, 0.25) is 0 Å². The van der Waals surface area contributed by atoms with Crippen LogP contribution in [0.5, 0.6) is 5.75 Å². The summed E-state index contributed by atoms with van der Waals surface area (Å²) in [4.78, 5) is 11.8. The van der Waals surface area contributed by atoms with Gasteiger partial charge in [0, 0.05) is 12.1 Å². The molecule has 0 radical (unpaired) electrons. The molecule has 1 aromatic rings. The number of carbonyl (C=O) groups is 1. The number of hydrogen-bond donors (Lipinski definition) is 3. The van der Waals surface area contributed by atoms with Gasteiger partial charge in [-0.3, -0.25) is 4.79 Å². The number of aliphatic hydroxyl groups excluding tert-OH is 1. The van der Waals surface area contributed by atoms with E-state index in [9.17, 15) is 15.0 Å². The van der Waals surface area contributed by atoms with Gasteiger partial charge in [-0.1, -0.05) is 52.2 Å². The van der Waals surface area contributed by atoms with Gasteiger partial charge in [0.25, 0.3) is 0 Å². The molecule has 1 aliphatic heterocycles. The highest BCUT2D eigenvalue weighted by Crippen LogP contribution is 2.38. The van der Waals surface area contributed by atoms with Crippen LogP contribution in [-0.4, -0.2) is 35.4 Å². The number of carboxylic acid groups (broad SMARTS) is 1. The number of ether oxygens (including phenoxy) is 1. The molecule has 5 heteroatoms. The van der Waals surface area contributed by atoms with Gasteiger partial charge in [-0.05, 0) is 29.9 Å². The van der Waals surface area contributed by atoms with Gasteiger partial charge in [-0.15, -0.1) is 0 Å². The zero-order valence-electron chi connectivity index (χ0n) is 16.0. The summed E-state index contributed by atoms with van der Waals surface area (Å²) in [5.74, 6) is -0.000254. The second-order valence-corrected chi connectivity index (χ2v) is 8.89. The lowest BCUT2D eigenvalue weighted by Gasteiger charge is -2.37. The van der Waals surface area contributed by atoms with Crippen LogP contribution in [0, 0.1) is 5.41 Å². The SMILES string of the molecule is CC(C)(C)c1ccc2c(c1)OC[C@@H](NCC1(C(=O)O)CCCCC1)[C@H]2O. The summed E-state index contributed by atoms with van der Waals surface area (Å²) in [7, 11) is 0. The third-order valence-electron chi connectivity index (χ3n) is 5.96. The second-order valence-electron chi connectivity index (χ2n) is 8.89. The van der Waals surface area contributed by atoms with Gasteiger partial charge in [0.05, 0.1) is 11.5 Å². The topological polar surface area (TPSA) is 78.8 Å². The van der Waals surface area contributed by atoms with E-state index in [4.69, 9.17) is 4.74 Å². The molecule has 0 bridgehead atoms. The van der Waals surface area contributed by atoms with Crippen molar-refractivity contribution in [3.8, 4) is 5.75 Å². The Morgan fingerprint density at radius 1 is 1.27 bits per heavy atom. The normalized spacial score (nSPS) is 25.2. The maximum atomic E-state index is 11.8. The number of benzene rings is 1. The van der Waals surface area contributed by atoms with Crippen LogP contribution in [-0.2, 0) is 10.2 Å². The summed E-state index contributed by atoms with van der Waals surface area (Å²) in [6, 6.07) is 5.69. The number of aliphatic hydroxyl groups is 1. The van der Waals surface area contributed by atoms with Gasteiger partial charge in [0.15, 0.2) is 0 Å². The minimum absolute atomic E-state index is 0.0211. The fourth-order valence-corrected chi connectivity index (χ4v) is 4.05. The Kier molecular flexibility index (Phi) is 5.31. The van der Waals surface area contributed by atoms with Crippen molar-refractivity contribution in [3.63, 3.8) is 0 Å². The van der Waals surface area contributed by atoms with E-state index < -0.39 is 17.5 Å². The van der Waals surface area contributed by atoms with Gasteiger partial charge in [-0.25, -0.2) is 0 Å². The molecule has 3 N–H and O–H groups in total. The Bertz CT molecular complexity index is 658. The van der Waals surface area contributed by atoms with E-state index in [1.807, 2.05) is 18.2 Å². The fraction of sp³-hybridized carbons (Fsp3) is 0.667. The van der Waals surface area contributed by atoms with Crippen LogP contribution < -0.4 is 10.1 Å². The molecule has 5 nitrogen and oxygen atoms in total. The van der Waals surface area contributed by atoms with E-state index >= 15 is 0 Å². The largest absolute Gasteiger partial charge is 0.491 e. The molecule has 3 rings (SSSR count). The predicted octanol–water partition coefficient (Wildman–Crippen LogP) is 3.40. The molecule has 0 unspecified atom stereocenters. The molecular weight excluding hydrogens is 330 g/mol. The molecule has 2 aliphatic rings. The number of hydrogen-bond acceptors (Lipinski definition) is 4. The number of rotatable bonds is 4. The zero-order chi connectivity index (χ0) is 18.9. The Balaban J connectivity index is 1.71. The predicted molar refractivity (Wildman–Crippen MR) is 101 cm³/mol. The van der Waals surface area contributed by atoms with Crippen LogP contribution >= 0.6 is 0 Å². The third-order valence-corrected chi connectivity index (χ3v) is 5.96. The molecule has 1 aromatic carbocycles. The molecule has 0 amide bonds. The van der Waals surface area contributed by atoms with Crippen molar-refractivity contribution in [2.24, 2.45) is 5.41 Å². The molecule has 0 saturated heterocycles. The standard InChI is InChI=1S/C21H31NO4/c1-20(2,3)14-7-8-15-17(11-14)26-12-16(18(15)23)22-13-21(19(24)25)9-5-4-6-10-21/h7-8,11,16,18,22-23H,4-6,9-10,12-13H2,1-3H3,(H,24,25)/t16-,18+/m1/s1. The monoisotopic (exact) mass is 361 g/mol. The van der Waals surface area contributed by atoms with E-state index in [1.54, 1.807) is 0 Å². The first kappa shape index (κ1) is 19.2. The van der Waals surface area contributed by atoms with Crippen molar-refractivity contribution in [1.29, 1.82) is 0 Å². The first-order valence-electron chi connectivity index (χ1n) is 9.65.